The maximum absolute atomic E-state index is 13.2. The van der Waals surface area contributed by atoms with Gasteiger partial charge in [-0.3, -0.25) is 14.2 Å². The zero-order valence-corrected chi connectivity index (χ0v) is 17.9. The van der Waals surface area contributed by atoms with Crippen molar-refractivity contribution in [2.24, 2.45) is 0 Å². The van der Waals surface area contributed by atoms with Crippen LogP contribution in [-0.2, 0) is 0 Å². The Morgan fingerprint density at radius 3 is 2.73 bits per heavy atom. The number of hydrogen-bond acceptors (Lipinski definition) is 5. The lowest BCUT2D eigenvalue weighted by atomic mass is 10.1. The van der Waals surface area contributed by atoms with E-state index in [0.717, 1.165) is 18.7 Å². The van der Waals surface area contributed by atoms with Gasteiger partial charge in [0.15, 0.2) is 0 Å². The summed E-state index contributed by atoms with van der Waals surface area (Å²) in [6, 6.07) is 10.7. The van der Waals surface area contributed by atoms with Crippen LogP contribution in [0.2, 0.25) is 0 Å². The lowest BCUT2D eigenvalue weighted by molar-refractivity contribution is 0.0956. The Bertz CT molecular complexity index is 1110. The van der Waals surface area contributed by atoms with Crippen LogP contribution in [0.3, 0.4) is 0 Å². The van der Waals surface area contributed by atoms with Gasteiger partial charge in [-0.05, 0) is 63.3 Å². The van der Waals surface area contributed by atoms with Crippen LogP contribution >= 0.6 is 0 Å². The molecule has 30 heavy (non-hydrogen) atoms. The largest absolute Gasteiger partial charge is 0.492 e. The summed E-state index contributed by atoms with van der Waals surface area (Å²) in [4.78, 5) is 32.0. The number of benzene rings is 2. The molecule has 1 aromatic heterocycles. The van der Waals surface area contributed by atoms with E-state index in [9.17, 15) is 9.59 Å². The highest BCUT2D eigenvalue weighted by Gasteiger charge is 2.12. The number of aryl methyl sites for hydroxylation is 1. The van der Waals surface area contributed by atoms with Gasteiger partial charge < -0.3 is 15.0 Å². The molecule has 7 heteroatoms. The molecule has 0 unspecified atom stereocenters. The molecular weight excluding hydrogens is 380 g/mol. The number of nitrogens with zero attached hydrogens (tertiary/aromatic N) is 3. The lowest BCUT2D eigenvalue weighted by Crippen LogP contribution is -2.24. The summed E-state index contributed by atoms with van der Waals surface area (Å²) in [5, 5.41) is 3.26. The first-order valence-corrected chi connectivity index (χ1v) is 10.2. The first kappa shape index (κ1) is 21.5. The van der Waals surface area contributed by atoms with E-state index >= 15 is 0 Å². The number of amides is 1. The van der Waals surface area contributed by atoms with E-state index < -0.39 is 0 Å². The second-order valence-electron chi connectivity index (χ2n) is 7.20. The fourth-order valence-electron chi connectivity index (χ4n) is 3.11. The first-order chi connectivity index (χ1) is 14.4. The summed E-state index contributed by atoms with van der Waals surface area (Å²) in [5.74, 6) is 0.463. The van der Waals surface area contributed by atoms with E-state index in [1.54, 1.807) is 24.3 Å². The molecule has 0 aliphatic rings. The molecule has 0 aliphatic heterocycles. The molecule has 1 heterocycles. The number of fused-ring (bicyclic) bond motifs is 1. The fourth-order valence-corrected chi connectivity index (χ4v) is 3.11. The van der Waals surface area contributed by atoms with E-state index in [1.807, 2.05) is 33.0 Å². The molecular formula is C23H28N4O3. The van der Waals surface area contributed by atoms with Crippen LogP contribution in [0.1, 0.15) is 29.8 Å². The normalized spacial score (nSPS) is 11.1. The zero-order valence-electron chi connectivity index (χ0n) is 17.9. The summed E-state index contributed by atoms with van der Waals surface area (Å²) in [7, 11) is 2.03. The van der Waals surface area contributed by atoms with Gasteiger partial charge in [-0.25, -0.2) is 4.98 Å². The SMILES string of the molecule is CCNC(=O)c1ccc(C)c(-n2cnc3ccc(OCCN(C)CC)cc3c2=O)c1. The molecule has 0 bridgehead atoms. The van der Waals surface area contributed by atoms with Crippen LogP contribution < -0.4 is 15.6 Å². The number of rotatable bonds is 8. The highest BCUT2D eigenvalue weighted by Crippen LogP contribution is 2.19. The van der Waals surface area contributed by atoms with Crippen molar-refractivity contribution in [1.29, 1.82) is 0 Å². The van der Waals surface area contributed by atoms with E-state index in [0.29, 0.717) is 41.1 Å². The molecule has 158 valence electrons. The van der Waals surface area contributed by atoms with Crippen molar-refractivity contribution in [1.82, 2.24) is 19.8 Å². The Morgan fingerprint density at radius 1 is 1.20 bits per heavy atom. The van der Waals surface area contributed by atoms with Crippen molar-refractivity contribution in [3.63, 3.8) is 0 Å². The molecule has 0 saturated heterocycles. The van der Waals surface area contributed by atoms with Crippen LogP contribution in [0, 0.1) is 6.92 Å². The highest BCUT2D eigenvalue weighted by molar-refractivity contribution is 5.94. The molecule has 2 aromatic carbocycles. The second kappa shape index (κ2) is 9.54. The quantitative estimate of drug-likeness (QED) is 0.620. The van der Waals surface area contributed by atoms with Crippen LogP contribution in [-0.4, -0.2) is 53.6 Å². The number of hydrogen-bond donors (Lipinski definition) is 1. The van der Waals surface area contributed by atoms with Crippen LogP contribution in [0.4, 0.5) is 0 Å². The average Bonchev–Trinajstić information content (AvgIpc) is 2.75. The van der Waals surface area contributed by atoms with E-state index in [4.69, 9.17) is 4.74 Å². The number of carbonyl (C=O) groups is 1. The van der Waals surface area contributed by atoms with Gasteiger partial charge in [0.1, 0.15) is 18.7 Å². The maximum Gasteiger partial charge on any atom is 0.265 e. The predicted molar refractivity (Wildman–Crippen MR) is 119 cm³/mol. The van der Waals surface area contributed by atoms with Crippen molar-refractivity contribution < 1.29 is 9.53 Å². The maximum atomic E-state index is 13.2. The Hall–Kier alpha value is -3.19. The molecule has 0 fully saturated rings. The van der Waals surface area contributed by atoms with Gasteiger partial charge in [0.05, 0.1) is 16.6 Å². The molecule has 0 saturated carbocycles. The van der Waals surface area contributed by atoms with Crippen molar-refractivity contribution >= 4 is 16.8 Å². The Morgan fingerprint density at radius 2 is 2.00 bits per heavy atom. The smallest absolute Gasteiger partial charge is 0.265 e. The third kappa shape index (κ3) is 4.68. The van der Waals surface area contributed by atoms with Crippen LogP contribution in [0.15, 0.2) is 47.5 Å². The van der Waals surface area contributed by atoms with Gasteiger partial charge in [-0.1, -0.05) is 13.0 Å². The van der Waals surface area contributed by atoms with E-state index in [2.05, 4.69) is 22.1 Å². The van der Waals surface area contributed by atoms with Crippen molar-refractivity contribution in [3.05, 3.63) is 64.2 Å². The number of aromatic nitrogens is 2. The van der Waals surface area contributed by atoms with Gasteiger partial charge >= 0.3 is 0 Å². The van der Waals surface area contributed by atoms with Crippen LogP contribution in [0.5, 0.6) is 5.75 Å². The van der Waals surface area contributed by atoms with Crippen molar-refractivity contribution in [2.45, 2.75) is 20.8 Å². The molecule has 3 aromatic rings. The molecule has 0 spiro atoms. The van der Waals surface area contributed by atoms with E-state index in [1.165, 1.54) is 10.9 Å². The Labute approximate surface area is 176 Å². The minimum atomic E-state index is -0.202. The molecule has 7 nitrogen and oxygen atoms in total. The van der Waals surface area contributed by atoms with Crippen molar-refractivity contribution in [2.75, 3.05) is 33.3 Å². The minimum Gasteiger partial charge on any atom is -0.492 e. The Kier molecular flexibility index (Phi) is 6.84. The summed E-state index contributed by atoms with van der Waals surface area (Å²) in [6.45, 7) is 8.69. The summed E-state index contributed by atoms with van der Waals surface area (Å²) in [5.41, 5.74) is 2.41. The fraction of sp³-hybridized carbons (Fsp3) is 0.348. The third-order valence-electron chi connectivity index (χ3n) is 5.08. The van der Waals surface area contributed by atoms with Gasteiger partial charge in [-0.15, -0.1) is 0 Å². The van der Waals surface area contributed by atoms with Gasteiger partial charge in [0.2, 0.25) is 0 Å². The summed E-state index contributed by atoms with van der Waals surface area (Å²) < 4.78 is 7.30. The third-order valence-corrected chi connectivity index (χ3v) is 5.08. The average molecular weight is 409 g/mol. The first-order valence-electron chi connectivity index (χ1n) is 10.2. The van der Waals surface area contributed by atoms with Gasteiger partial charge in [0, 0.05) is 18.7 Å². The lowest BCUT2D eigenvalue weighted by Gasteiger charge is -2.15. The Balaban J connectivity index is 1.97. The number of ether oxygens (including phenoxy) is 1. The zero-order chi connectivity index (χ0) is 21.7. The molecule has 0 atom stereocenters. The molecule has 3 rings (SSSR count). The predicted octanol–water partition coefficient (Wildman–Crippen LogP) is 2.77. The summed E-state index contributed by atoms with van der Waals surface area (Å²) in [6.07, 6.45) is 1.51. The molecule has 0 radical (unpaired) electrons. The number of carbonyl (C=O) groups excluding carboxylic acids is 1. The van der Waals surface area contributed by atoms with Crippen molar-refractivity contribution in [3.8, 4) is 11.4 Å². The number of likely N-dealkylation sites (N-methyl/N-ethyl adjacent to an activating group) is 1. The van der Waals surface area contributed by atoms with Gasteiger partial charge in [0.25, 0.3) is 11.5 Å². The highest BCUT2D eigenvalue weighted by atomic mass is 16.5. The number of nitrogens with one attached hydrogen (secondary N) is 1. The topological polar surface area (TPSA) is 76.5 Å². The second-order valence-corrected chi connectivity index (χ2v) is 7.20. The van der Waals surface area contributed by atoms with E-state index in [-0.39, 0.29) is 11.5 Å². The van der Waals surface area contributed by atoms with Gasteiger partial charge in [-0.2, -0.15) is 0 Å². The van der Waals surface area contributed by atoms with Crippen LogP contribution in [0.25, 0.3) is 16.6 Å². The minimum absolute atomic E-state index is 0.173. The standard InChI is InChI=1S/C23H28N4O3/c1-5-24-22(28)17-8-7-16(3)21(13-17)27-15-25-20-10-9-18(14-19(20)23(27)29)30-12-11-26(4)6-2/h7-10,13-15H,5-6,11-12H2,1-4H3,(H,24,28). The summed E-state index contributed by atoms with van der Waals surface area (Å²) >= 11 is 0. The molecule has 0 aliphatic carbocycles. The molecule has 1 N–H and O–H groups in total. The molecule has 1 amide bonds. The monoisotopic (exact) mass is 408 g/mol.